The van der Waals surface area contributed by atoms with Gasteiger partial charge in [0.25, 0.3) is 0 Å². The van der Waals surface area contributed by atoms with Crippen molar-refractivity contribution < 1.29 is 4.79 Å². The summed E-state index contributed by atoms with van der Waals surface area (Å²) in [4.78, 5) is 11.9. The van der Waals surface area contributed by atoms with E-state index in [-0.39, 0.29) is 5.91 Å². The van der Waals surface area contributed by atoms with Crippen molar-refractivity contribution in [2.75, 3.05) is 0 Å². The van der Waals surface area contributed by atoms with Gasteiger partial charge in [0, 0.05) is 11.6 Å². The van der Waals surface area contributed by atoms with Gasteiger partial charge in [0.15, 0.2) is 0 Å². The first-order chi connectivity index (χ1) is 9.54. The Kier molecular flexibility index (Phi) is 4.80. The maximum atomic E-state index is 11.9. The number of halogens is 1. The molecular formula is C17H18ClNO. The van der Waals surface area contributed by atoms with Crippen LogP contribution in [0, 0.1) is 13.8 Å². The molecule has 1 amide bonds. The largest absolute Gasteiger partial charge is 0.352 e. The Morgan fingerprint density at radius 2 is 1.65 bits per heavy atom. The molecule has 0 aliphatic heterocycles. The van der Waals surface area contributed by atoms with Crippen molar-refractivity contribution in [2.24, 2.45) is 0 Å². The van der Waals surface area contributed by atoms with E-state index in [9.17, 15) is 4.79 Å². The SMILES string of the molecule is Cc1ccc(CC(=O)NCc2ccc(Cl)cc2)cc1C. The number of carbonyl (C=O) groups is 1. The number of amides is 1. The molecule has 2 nitrogen and oxygen atoms in total. The van der Waals surface area contributed by atoms with Gasteiger partial charge < -0.3 is 5.32 Å². The number of benzene rings is 2. The van der Waals surface area contributed by atoms with Crippen molar-refractivity contribution >= 4 is 17.5 Å². The Labute approximate surface area is 124 Å². The lowest BCUT2D eigenvalue weighted by molar-refractivity contribution is -0.120. The van der Waals surface area contributed by atoms with E-state index in [4.69, 9.17) is 11.6 Å². The van der Waals surface area contributed by atoms with E-state index in [2.05, 4.69) is 31.3 Å². The second-order valence-corrected chi connectivity index (χ2v) is 5.44. The third kappa shape index (κ3) is 4.10. The predicted molar refractivity (Wildman–Crippen MR) is 82.9 cm³/mol. The number of rotatable bonds is 4. The van der Waals surface area contributed by atoms with Crippen LogP contribution in [-0.2, 0) is 17.8 Å². The van der Waals surface area contributed by atoms with Crippen LogP contribution in [0.1, 0.15) is 22.3 Å². The standard InChI is InChI=1S/C17H18ClNO/c1-12-3-4-15(9-13(12)2)10-17(20)19-11-14-5-7-16(18)8-6-14/h3-9H,10-11H2,1-2H3,(H,19,20). The highest BCUT2D eigenvalue weighted by molar-refractivity contribution is 6.30. The van der Waals surface area contributed by atoms with E-state index in [1.54, 1.807) is 0 Å². The Morgan fingerprint density at radius 3 is 2.30 bits per heavy atom. The van der Waals surface area contributed by atoms with Crippen LogP contribution in [0.2, 0.25) is 5.02 Å². The summed E-state index contributed by atoms with van der Waals surface area (Å²) in [6.45, 7) is 4.66. The molecule has 0 unspecified atom stereocenters. The average Bonchev–Trinajstić information content (AvgIpc) is 2.42. The van der Waals surface area contributed by atoms with E-state index >= 15 is 0 Å². The highest BCUT2D eigenvalue weighted by Crippen LogP contribution is 2.11. The lowest BCUT2D eigenvalue weighted by atomic mass is 10.0. The summed E-state index contributed by atoms with van der Waals surface area (Å²) in [6, 6.07) is 13.6. The highest BCUT2D eigenvalue weighted by Gasteiger charge is 2.04. The van der Waals surface area contributed by atoms with Gasteiger partial charge >= 0.3 is 0 Å². The second kappa shape index (κ2) is 6.58. The lowest BCUT2D eigenvalue weighted by Crippen LogP contribution is -2.24. The summed E-state index contributed by atoms with van der Waals surface area (Å²) in [6.07, 6.45) is 0.411. The minimum absolute atomic E-state index is 0.0307. The lowest BCUT2D eigenvalue weighted by Gasteiger charge is -2.07. The Bertz CT molecular complexity index is 605. The Morgan fingerprint density at radius 1 is 1.00 bits per heavy atom. The number of carbonyl (C=O) groups excluding carboxylic acids is 1. The zero-order valence-electron chi connectivity index (χ0n) is 11.7. The fourth-order valence-electron chi connectivity index (χ4n) is 1.96. The summed E-state index contributed by atoms with van der Waals surface area (Å²) in [7, 11) is 0. The Balaban J connectivity index is 1.89. The molecule has 0 atom stereocenters. The summed E-state index contributed by atoms with van der Waals surface area (Å²) in [5.41, 5.74) is 4.55. The quantitative estimate of drug-likeness (QED) is 0.910. The van der Waals surface area contributed by atoms with Crippen LogP contribution in [0.15, 0.2) is 42.5 Å². The second-order valence-electron chi connectivity index (χ2n) is 5.00. The minimum atomic E-state index is 0.0307. The normalized spacial score (nSPS) is 10.3. The van der Waals surface area contributed by atoms with Crippen molar-refractivity contribution in [3.8, 4) is 0 Å². The number of nitrogens with one attached hydrogen (secondary N) is 1. The molecule has 0 saturated heterocycles. The van der Waals surface area contributed by atoms with Gasteiger partial charge in [-0.05, 0) is 48.2 Å². The van der Waals surface area contributed by atoms with Crippen LogP contribution in [0.5, 0.6) is 0 Å². The monoisotopic (exact) mass is 287 g/mol. The fourth-order valence-corrected chi connectivity index (χ4v) is 2.09. The van der Waals surface area contributed by atoms with E-state index in [0.29, 0.717) is 18.0 Å². The van der Waals surface area contributed by atoms with Crippen molar-refractivity contribution in [1.82, 2.24) is 5.32 Å². The zero-order valence-corrected chi connectivity index (χ0v) is 12.5. The van der Waals surface area contributed by atoms with Crippen molar-refractivity contribution in [3.63, 3.8) is 0 Å². The summed E-state index contributed by atoms with van der Waals surface area (Å²) in [5.74, 6) is 0.0307. The van der Waals surface area contributed by atoms with Crippen LogP contribution in [0.3, 0.4) is 0 Å². The topological polar surface area (TPSA) is 29.1 Å². The molecule has 0 fully saturated rings. The zero-order chi connectivity index (χ0) is 14.5. The van der Waals surface area contributed by atoms with Crippen LogP contribution >= 0.6 is 11.6 Å². The van der Waals surface area contributed by atoms with Gasteiger partial charge in [0.1, 0.15) is 0 Å². The molecule has 0 bridgehead atoms. The van der Waals surface area contributed by atoms with Crippen LogP contribution < -0.4 is 5.32 Å². The van der Waals surface area contributed by atoms with Gasteiger partial charge in [-0.2, -0.15) is 0 Å². The molecule has 104 valence electrons. The van der Waals surface area contributed by atoms with Gasteiger partial charge in [0.05, 0.1) is 6.42 Å². The molecule has 0 radical (unpaired) electrons. The first kappa shape index (κ1) is 14.6. The maximum absolute atomic E-state index is 11.9. The van der Waals surface area contributed by atoms with Crippen LogP contribution in [0.25, 0.3) is 0 Å². The van der Waals surface area contributed by atoms with Gasteiger partial charge in [-0.1, -0.05) is 41.9 Å². The van der Waals surface area contributed by atoms with Gasteiger partial charge in [-0.15, -0.1) is 0 Å². The van der Waals surface area contributed by atoms with Crippen LogP contribution in [0.4, 0.5) is 0 Å². The smallest absolute Gasteiger partial charge is 0.224 e. The van der Waals surface area contributed by atoms with Crippen molar-refractivity contribution in [1.29, 1.82) is 0 Å². The molecule has 2 aromatic rings. The van der Waals surface area contributed by atoms with E-state index in [0.717, 1.165) is 11.1 Å². The van der Waals surface area contributed by atoms with Gasteiger partial charge in [-0.3, -0.25) is 4.79 Å². The molecule has 0 aliphatic rings. The summed E-state index contributed by atoms with van der Waals surface area (Å²) >= 11 is 5.82. The average molecular weight is 288 g/mol. The molecule has 0 saturated carbocycles. The van der Waals surface area contributed by atoms with Crippen molar-refractivity contribution in [2.45, 2.75) is 26.8 Å². The molecule has 20 heavy (non-hydrogen) atoms. The number of hydrogen-bond donors (Lipinski definition) is 1. The fraction of sp³-hybridized carbons (Fsp3) is 0.235. The molecule has 1 N–H and O–H groups in total. The molecule has 0 spiro atoms. The molecule has 0 aromatic heterocycles. The summed E-state index contributed by atoms with van der Waals surface area (Å²) in [5, 5.41) is 3.62. The maximum Gasteiger partial charge on any atom is 0.224 e. The van der Waals surface area contributed by atoms with E-state index in [1.807, 2.05) is 30.3 Å². The highest BCUT2D eigenvalue weighted by atomic mass is 35.5. The van der Waals surface area contributed by atoms with E-state index < -0.39 is 0 Å². The molecule has 2 aromatic carbocycles. The molecule has 0 aliphatic carbocycles. The molecule has 2 rings (SSSR count). The Hall–Kier alpha value is -1.80. The van der Waals surface area contributed by atoms with Crippen LogP contribution in [-0.4, -0.2) is 5.91 Å². The number of aryl methyl sites for hydroxylation is 2. The minimum Gasteiger partial charge on any atom is -0.352 e. The van der Waals surface area contributed by atoms with Crippen molar-refractivity contribution in [3.05, 3.63) is 69.7 Å². The first-order valence-corrected chi connectivity index (χ1v) is 6.99. The third-order valence-corrected chi connectivity index (χ3v) is 3.59. The molecular weight excluding hydrogens is 270 g/mol. The van der Waals surface area contributed by atoms with Gasteiger partial charge in [0.2, 0.25) is 5.91 Å². The van der Waals surface area contributed by atoms with Gasteiger partial charge in [-0.25, -0.2) is 0 Å². The van der Waals surface area contributed by atoms with E-state index in [1.165, 1.54) is 11.1 Å². The third-order valence-electron chi connectivity index (χ3n) is 3.34. The summed E-state index contributed by atoms with van der Waals surface area (Å²) < 4.78 is 0. The predicted octanol–water partition coefficient (Wildman–Crippen LogP) is 3.82. The number of hydrogen-bond acceptors (Lipinski definition) is 1. The molecule has 3 heteroatoms. The first-order valence-electron chi connectivity index (χ1n) is 6.62. The molecule has 0 heterocycles.